The highest BCUT2D eigenvalue weighted by Crippen LogP contribution is 2.30. The van der Waals surface area contributed by atoms with Crippen molar-refractivity contribution in [2.45, 2.75) is 13.0 Å². The van der Waals surface area contributed by atoms with E-state index in [9.17, 15) is 4.79 Å². The van der Waals surface area contributed by atoms with Crippen molar-refractivity contribution in [1.82, 2.24) is 9.55 Å². The lowest BCUT2D eigenvalue weighted by Crippen LogP contribution is -2.29. The summed E-state index contributed by atoms with van der Waals surface area (Å²) in [7, 11) is 3.63. The van der Waals surface area contributed by atoms with E-state index in [-0.39, 0.29) is 11.6 Å². The van der Waals surface area contributed by atoms with Gasteiger partial charge >= 0.3 is 0 Å². The molecule has 1 aromatic heterocycles. The van der Waals surface area contributed by atoms with Crippen LogP contribution in [0.1, 0.15) is 23.0 Å². The molecule has 35 heavy (non-hydrogen) atoms. The first-order valence-electron chi connectivity index (χ1n) is 11.6. The van der Waals surface area contributed by atoms with Gasteiger partial charge in [-0.3, -0.25) is 9.36 Å². The van der Waals surface area contributed by atoms with Crippen molar-refractivity contribution in [3.63, 3.8) is 0 Å². The number of aromatic nitrogens is 2. The first-order chi connectivity index (χ1) is 17.1. The summed E-state index contributed by atoms with van der Waals surface area (Å²) < 4.78 is 7.19. The van der Waals surface area contributed by atoms with Crippen LogP contribution in [0, 0.1) is 6.92 Å². The van der Waals surface area contributed by atoms with Crippen molar-refractivity contribution < 1.29 is 4.74 Å². The number of ether oxygens (including phenoxy) is 1. The van der Waals surface area contributed by atoms with E-state index in [1.165, 1.54) is 0 Å². The quantitative estimate of drug-likeness (QED) is 0.306. The molecule has 0 atom stereocenters. The van der Waals surface area contributed by atoms with Crippen LogP contribution < -0.4 is 15.2 Å². The van der Waals surface area contributed by atoms with E-state index in [0.29, 0.717) is 16.7 Å². The third-order valence-corrected chi connectivity index (χ3v) is 6.38. The molecular formula is C30H27N3O2. The smallest absolute Gasteiger partial charge is 0.262 e. The van der Waals surface area contributed by atoms with Gasteiger partial charge in [-0.05, 0) is 48.4 Å². The van der Waals surface area contributed by atoms with Crippen molar-refractivity contribution in [3.8, 4) is 5.75 Å². The van der Waals surface area contributed by atoms with E-state index in [2.05, 4.69) is 24.3 Å². The lowest BCUT2D eigenvalue weighted by Gasteiger charge is -2.24. The molecule has 5 aromatic rings. The molecule has 0 bridgehead atoms. The van der Waals surface area contributed by atoms with Crippen LogP contribution in [-0.2, 0) is 0 Å². The van der Waals surface area contributed by atoms with Crippen LogP contribution in [0.5, 0.6) is 5.75 Å². The Labute approximate surface area is 204 Å². The molecule has 0 N–H and O–H groups in total. The lowest BCUT2D eigenvalue weighted by molar-refractivity contribution is 0.415. The summed E-state index contributed by atoms with van der Waals surface area (Å²) in [5.41, 5.74) is 4.56. The van der Waals surface area contributed by atoms with Crippen LogP contribution in [0.2, 0.25) is 0 Å². The molecule has 5 nitrogen and oxygen atoms in total. The number of fused-ring (bicyclic) bond motifs is 1. The second kappa shape index (κ2) is 9.47. The average molecular weight is 462 g/mol. The fraction of sp³-hybridized carbons (Fsp3) is 0.133. The Hall–Kier alpha value is -4.38. The van der Waals surface area contributed by atoms with Crippen molar-refractivity contribution >= 4 is 22.3 Å². The maximum Gasteiger partial charge on any atom is 0.262 e. The molecule has 0 aliphatic carbocycles. The van der Waals surface area contributed by atoms with Crippen molar-refractivity contribution in [2.75, 3.05) is 19.1 Å². The van der Waals surface area contributed by atoms with Gasteiger partial charge in [-0.15, -0.1) is 0 Å². The van der Waals surface area contributed by atoms with Crippen LogP contribution in [0.25, 0.3) is 10.9 Å². The zero-order valence-corrected chi connectivity index (χ0v) is 20.1. The van der Waals surface area contributed by atoms with E-state index in [1.807, 2.05) is 102 Å². The highest BCUT2D eigenvalue weighted by Gasteiger charge is 2.21. The third-order valence-electron chi connectivity index (χ3n) is 6.38. The number of hydrogen-bond donors (Lipinski definition) is 0. The van der Waals surface area contributed by atoms with Crippen LogP contribution in [-0.4, -0.2) is 23.7 Å². The molecule has 0 aliphatic rings. The minimum Gasteiger partial charge on any atom is -0.497 e. The number of hydrogen-bond acceptors (Lipinski definition) is 4. The van der Waals surface area contributed by atoms with Crippen LogP contribution in [0.15, 0.2) is 108 Å². The summed E-state index contributed by atoms with van der Waals surface area (Å²) in [6.07, 6.45) is 0. The molecule has 0 amide bonds. The third kappa shape index (κ3) is 4.28. The van der Waals surface area contributed by atoms with E-state index in [0.717, 1.165) is 28.3 Å². The summed E-state index contributed by atoms with van der Waals surface area (Å²) in [6, 6.07) is 33.6. The van der Waals surface area contributed by atoms with E-state index >= 15 is 0 Å². The Balaban J connectivity index is 1.68. The lowest BCUT2D eigenvalue weighted by atomic mass is 9.98. The fourth-order valence-electron chi connectivity index (χ4n) is 4.54. The highest BCUT2D eigenvalue weighted by molar-refractivity contribution is 5.83. The standard InChI is InChI=1S/C30H27N3O2/c1-21-31-28-18-17-25(32(2)24-15-10-16-26(19-24)35-3)20-27(28)30(34)33(21)29(22-11-6-4-7-12-22)23-13-8-5-9-14-23/h4-20,29H,1-3H3. The monoisotopic (exact) mass is 461 g/mol. The second-order valence-corrected chi connectivity index (χ2v) is 8.52. The molecular weight excluding hydrogens is 434 g/mol. The van der Waals surface area contributed by atoms with Gasteiger partial charge in [-0.1, -0.05) is 66.7 Å². The van der Waals surface area contributed by atoms with Crippen LogP contribution in [0.4, 0.5) is 11.4 Å². The molecule has 0 spiro atoms. The van der Waals surface area contributed by atoms with Gasteiger partial charge in [-0.2, -0.15) is 0 Å². The summed E-state index contributed by atoms with van der Waals surface area (Å²) in [4.78, 5) is 20.9. The minimum atomic E-state index is -0.276. The first-order valence-corrected chi connectivity index (χ1v) is 11.6. The van der Waals surface area contributed by atoms with Crippen molar-refractivity contribution in [1.29, 1.82) is 0 Å². The topological polar surface area (TPSA) is 47.4 Å². The number of benzene rings is 4. The SMILES string of the molecule is COc1cccc(N(C)c2ccc3nc(C)n(C(c4ccccc4)c4ccccc4)c(=O)c3c2)c1. The summed E-state index contributed by atoms with van der Waals surface area (Å²) in [6.45, 7) is 1.90. The first kappa shape index (κ1) is 22.4. The zero-order chi connectivity index (χ0) is 24.4. The Kier molecular flexibility index (Phi) is 6.06. The van der Waals surface area contributed by atoms with Crippen LogP contribution in [0.3, 0.4) is 0 Å². The molecule has 0 radical (unpaired) electrons. The highest BCUT2D eigenvalue weighted by atomic mass is 16.5. The largest absolute Gasteiger partial charge is 0.497 e. The number of methoxy groups -OCH3 is 1. The summed E-state index contributed by atoms with van der Waals surface area (Å²) in [5.74, 6) is 1.46. The molecule has 5 rings (SSSR count). The Morgan fingerprint density at radius 1 is 0.800 bits per heavy atom. The summed E-state index contributed by atoms with van der Waals surface area (Å²) in [5, 5.41) is 0.583. The molecule has 0 saturated carbocycles. The Morgan fingerprint density at radius 3 is 2.06 bits per heavy atom. The predicted molar refractivity (Wildman–Crippen MR) is 142 cm³/mol. The molecule has 0 aliphatic heterocycles. The molecule has 0 saturated heterocycles. The summed E-state index contributed by atoms with van der Waals surface area (Å²) >= 11 is 0. The maximum atomic E-state index is 14.0. The number of nitrogens with zero attached hydrogens (tertiary/aromatic N) is 3. The maximum absolute atomic E-state index is 14.0. The Morgan fingerprint density at radius 2 is 1.43 bits per heavy atom. The van der Waals surface area contributed by atoms with Crippen molar-refractivity contribution in [3.05, 3.63) is 130 Å². The molecule has 174 valence electrons. The van der Waals surface area contributed by atoms with Gasteiger partial charge in [0, 0.05) is 24.5 Å². The van der Waals surface area contributed by atoms with Gasteiger partial charge < -0.3 is 9.64 Å². The van der Waals surface area contributed by atoms with E-state index in [4.69, 9.17) is 9.72 Å². The van der Waals surface area contributed by atoms with Crippen molar-refractivity contribution in [2.24, 2.45) is 0 Å². The molecule has 0 unspecified atom stereocenters. The number of aryl methyl sites for hydroxylation is 1. The van der Waals surface area contributed by atoms with Gasteiger partial charge in [0.1, 0.15) is 11.6 Å². The van der Waals surface area contributed by atoms with E-state index < -0.39 is 0 Å². The number of anilines is 2. The number of rotatable bonds is 6. The molecule has 4 aromatic carbocycles. The molecule has 1 heterocycles. The Bertz CT molecular complexity index is 1490. The van der Waals surface area contributed by atoms with E-state index in [1.54, 1.807) is 7.11 Å². The minimum absolute atomic E-state index is 0.0638. The predicted octanol–water partition coefficient (Wildman–Crippen LogP) is 6.12. The van der Waals surface area contributed by atoms with Crippen LogP contribution >= 0.6 is 0 Å². The second-order valence-electron chi connectivity index (χ2n) is 8.52. The average Bonchev–Trinajstić information content (AvgIpc) is 2.91. The van der Waals surface area contributed by atoms with Gasteiger partial charge in [0.05, 0.1) is 24.1 Å². The normalized spacial score (nSPS) is 11.1. The molecule has 5 heteroatoms. The van der Waals surface area contributed by atoms with Gasteiger partial charge in [-0.25, -0.2) is 4.98 Å². The zero-order valence-electron chi connectivity index (χ0n) is 20.1. The van der Waals surface area contributed by atoms with Gasteiger partial charge in [0.2, 0.25) is 0 Å². The fourth-order valence-corrected chi connectivity index (χ4v) is 4.54. The van der Waals surface area contributed by atoms with Gasteiger partial charge in [0.15, 0.2) is 0 Å². The van der Waals surface area contributed by atoms with Gasteiger partial charge in [0.25, 0.3) is 5.56 Å². The molecule has 0 fully saturated rings.